The van der Waals surface area contributed by atoms with Gasteiger partial charge in [-0.3, -0.25) is 0 Å². The number of ether oxygens (including phenoxy) is 1. The van der Waals surface area contributed by atoms with Gasteiger partial charge in [0.05, 0.1) is 6.61 Å². The summed E-state index contributed by atoms with van der Waals surface area (Å²) >= 11 is 5.66. The van der Waals surface area contributed by atoms with E-state index < -0.39 is 0 Å². The molecule has 104 valence electrons. The van der Waals surface area contributed by atoms with Gasteiger partial charge in [0.2, 0.25) is 0 Å². The molecule has 3 rings (SSSR count). The third kappa shape index (κ3) is 2.93. The van der Waals surface area contributed by atoms with Gasteiger partial charge in [-0.15, -0.1) is 0 Å². The number of nitrogens with one attached hydrogen (secondary N) is 1. The largest absolute Gasteiger partial charge is 0.493 e. The van der Waals surface area contributed by atoms with Gasteiger partial charge in [-0.25, -0.2) is 4.39 Å². The van der Waals surface area contributed by atoms with E-state index in [2.05, 4.69) is 56.0 Å². The predicted molar refractivity (Wildman–Crippen MR) is 89.8 cm³/mol. The zero-order chi connectivity index (χ0) is 14.1. The lowest BCUT2D eigenvalue weighted by atomic mass is 10.1. The highest BCUT2D eigenvalue weighted by Gasteiger charge is 2.17. The lowest BCUT2D eigenvalue weighted by Crippen LogP contribution is -2.03. The minimum Gasteiger partial charge on any atom is -0.493 e. The van der Waals surface area contributed by atoms with E-state index in [0.29, 0.717) is 6.54 Å². The highest BCUT2D eigenvalue weighted by Crippen LogP contribution is 2.33. The van der Waals surface area contributed by atoms with Crippen LogP contribution in [0.25, 0.3) is 0 Å². The highest BCUT2D eigenvalue weighted by atomic mass is 127. The SMILES string of the molecule is Fc1ccc(NCc2cc(Br)cc3c2OCC3)c(I)c1. The molecule has 0 radical (unpaired) electrons. The van der Waals surface area contributed by atoms with Crippen molar-refractivity contribution < 1.29 is 9.13 Å². The maximum Gasteiger partial charge on any atom is 0.127 e. The van der Waals surface area contributed by atoms with Crippen LogP contribution in [0.3, 0.4) is 0 Å². The predicted octanol–water partition coefficient (Wildman–Crippen LogP) is 4.74. The van der Waals surface area contributed by atoms with Gasteiger partial charge in [-0.1, -0.05) is 15.9 Å². The summed E-state index contributed by atoms with van der Waals surface area (Å²) in [5, 5.41) is 3.34. The molecule has 1 heterocycles. The summed E-state index contributed by atoms with van der Waals surface area (Å²) in [6.45, 7) is 1.40. The average molecular weight is 448 g/mol. The Morgan fingerprint density at radius 1 is 1.30 bits per heavy atom. The molecule has 0 unspecified atom stereocenters. The zero-order valence-electron chi connectivity index (χ0n) is 10.6. The quantitative estimate of drug-likeness (QED) is 0.686. The first kappa shape index (κ1) is 14.1. The van der Waals surface area contributed by atoms with Crippen LogP contribution in [-0.2, 0) is 13.0 Å². The van der Waals surface area contributed by atoms with Crippen molar-refractivity contribution in [3.63, 3.8) is 0 Å². The Morgan fingerprint density at radius 2 is 2.15 bits per heavy atom. The standard InChI is InChI=1S/C15H12BrFINO/c16-11-5-9-3-4-20-15(9)10(6-11)8-19-14-2-1-12(17)7-13(14)18/h1-2,5-7,19H,3-4,8H2. The molecule has 5 heteroatoms. The monoisotopic (exact) mass is 447 g/mol. The topological polar surface area (TPSA) is 21.3 Å². The fraction of sp³-hybridized carbons (Fsp3) is 0.200. The molecule has 20 heavy (non-hydrogen) atoms. The third-order valence-corrected chi connectivity index (χ3v) is 4.58. The van der Waals surface area contributed by atoms with Gasteiger partial charge in [0.15, 0.2) is 0 Å². The van der Waals surface area contributed by atoms with Crippen LogP contribution < -0.4 is 10.1 Å². The number of fused-ring (bicyclic) bond motifs is 1. The Labute approximate surface area is 139 Å². The smallest absolute Gasteiger partial charge is 0.127 e. The lowest BCUT2D eigenvalue weighted by Gasteiger charge is -2.12. The molecule has 1 aliphatic heterocycles. The maximum absolute atomic E-state index is 13.1. The Bertz CT molecular complexity index is 663. The number of hydrogen-bond acceptors (Lipinski definition) is 2. The molecule has 0 aromatic heterocycles. The van der Waals surface area contributed by atoms with E-state index >= 15 is 0 Å². The van der Waals surface area contributed by atoms with E-state index in [0.717, 1.165) is 38.1 Å². The maximum atomic E-state index is 13.1. The van der Waals surface area contributed by atoms with E-state index in [1.165, 1.54) is 17.7 Å². The van der Waals surface area contributed by atoms with Crippen LogP contribution in [0.1, 0.15) is 11.1 Å². The van der Waals surface area contributed by atoms with E-state index in [1.54, 1.807) is 6.07 Å². The molecule has 1 N–H and O–H groups in total. The molecule has 0 saturated carbocycles. The van der Waals surface area contributed by atoms with Crippen LogP contribution in [-0.4, -0.2) is 6.61 Å². The van der Waals surface area contributed by atoms with Gasteiger partial charge in [0.25, 0.3) is 0 Å². The summed E-state index contributed by atoms with van der Waals surface area (Å²) in [6.07, 6.45) is 0.954. The second-order valence-electron chi connectivity index (χ2n) is 4.63. The van der Waals surface area contributed by atoms with E-state index in [-0.39, 0.29) is 5.82 Å². The Kier molecular flexibility index (Phi) is 4.16. The van der Waals surface area contributed by atoms with Crippen molar-refractivity contribution in [1.29, 1.82) is 0 Å². The Hall–Kier alpha value is -0.820. The van der Waals surface area contributed by atoms with Gasteiger partial charge in [-0.2, -0.15) is 0 Å². The Balaban J connectivity index is 1.82. The summed E-state index contributed by atoms with van der Waals surface area (Å²) < 4.78 is 20.7. The molecule has 0 aliphatic carbocycles. The fourth-order valence-corrected chi connectivity index (χ4v) is 3.52. The number of rotatable bonds is 3. The van der Waals surface area contributed by atoms with Crippen LogP contribution >= 0.6 is 38.5 Å². The van der Waals surface area contributed by atoms with Crippen molar-refractivity contribution in [2.45, 2.75) is 13.0 Å². The van der Waals surface area contributed by atoms with Crippen molar-refractivity contribution in [2.24, 2.45) is 0 Å². The number of benzene rings is 2. The van der Waals surface area contributed by atoms with Crippen LogP contribution in [0, 0.1) is 9.39 Å². The lowest BCUT2D eigenvalue weighted by molar-refractivity contribution is 0.354. The van der Waals surface area contributed by atoms with E-state index in [1.807, 2.05) is 0 Å². The number of hydrogen-bond donors (Lipinski definition) is 1. The molecule has 0 saturated heterocycles. The minimum atomic E-state index is -0.216. The van der Waals surface area contributed by atoms with Crippen LogP contribution in [0.4, 0.5) is 10.1 Å². The van der Waals surface area contributed by atoms with Gasteiger partial charge in [-0.05, 0) is 58.5 Å². The first-order chi connectivity index (χ1) is 9.63. The van der Waals surface area contributed by atoms with Gasteiger partial charge in [0, 0.05) is 32.3 Å². The summed E-state index contributed by atoms with van der Waals surface area (Å²) in [5.41, 5.74) is 3.29. The van der Waals surface area contributed by atoms with Gasteiger partial charge < -0.3 is 10.1 Å². The third-order valence-electron chi connectivity index (χ3n) is 3.23. The van der Waals surface area contributed by atoms with Crippen molar-refractivity contribution in [1.82, 2.24) is 0 Å². The summed E-state index contributed by atoms with van der Waals surface area (Å²) in [6, 6.07) is 8.91. The first-order valence-corrected chi connectivity index (χ1v) is 8.13. The Morgan fingerprint density at radius 3 is 2.95 bits per heavy atom. The number of halogens is 3. The molecule has 0 amide bonds. The van der Waals surface area contributed by atoms with Crippen molar-refractivity contribution in [3.05, 3.63) is 55.3 Å². The van der Waals surface area contributed by atoms with Crippen LogP contribution in [0.2, 0.25) is 0 Å². The fourth-order valence-electron chi connectivity index (χ4n) is 2.30. The molecule has 2 aromatic carbocycles. The van der Waals surface area contributed by atoms with Crippen molar-refractivity contribution >= 4 is 44.2 Å². The summed E-state index contributed by atoms with van der Waals surface area (Å²) in [5.74, 6) is 0.768. The van der Waals surface area contributed by atoms with Crippen LogP contribution in [0.15, 0.2) is 34.8 Å². The highest BCUT2D eigenvalue weighted by molar-refractivity contribution is 14.1. The second-order valence-corrected chi connectivity index (χ2v) is 6.71. The summed E-state index contributed by atoms with van der Waals surface area (Å²) in [7, 11) is 0. The molecule has 0 atom stereocenters. The molecular weight excluding hydrogens is 436 g/mol. The molecule has 1 aliphatic rings. The molecular formula is C15H12BrFINO. The first-order valence-electron chi connectivity index (χ1n) is 6.26. The van der Waals surface area contributed by atoms with Crippen molar-refractivity contribution in [3.8, 4) is 5.75 Å². The molecule has 2 aromatic rings. The molecule has 0 spiro atoms. The second kappa shape index (κ2) is 5.89. The zero-order valence-corrected chi connectivity index (χ0v) is 14.3. The number of anilines is 1. The molecule has 0 bridgehead atoms. The van der Waals surface area contributed by atoms with Gasteiger partial charge >= 0.3 is 0 Å². The minimum absolute atomic E-state index is 0.216. The van der Waals surface area contributed by atoms with Crippen molar-refractivity contribution in [2.75, 3.05) is 11.9 Å². The normalized spacial score (nSPS) is 12.9. The van der Waals surface area contributed by atoms with Crippen LogP contribution in [0.5, 0.6) is 5.75 Å². The van der Waals surface area contributed by atoms with E-state index in [4.69, 9.17) is 4.74 Å². The van der Waals surface area contributed by atoms with Gasteiger partial charge in [0.1, 0.15) is 11.6 Å². The summed E-state index contributed by atoms with van der Waals surface area (Å²) in [4.78, 5) is 0. The van der Waals surface area contributed by atoms with E-state index in [9.17, 15) is 4.39 Å². The molecule has 2 nitrogen and oxygen atoms in total. The molecule has 0 fully saturated rings. The average Bonchev–Trinajstić information content (AvgIpc) is 2.85.